The fourth-order valence-corrected chi connectivity index (χ4v) is 3.93. The summed E-state index contributed by atoms with van der Waals surface area (Å²) >= 11 is 1.69. The minimum absolute atomic E-state index is 0.940. The van der Waals surface area contributed by atoms with Gasteiger partial charge in [0.2, 0.25) is 0 Å². The molecular weight excluding hydrogens is 314 g/mol. The maximum atomic E-state index is 4.89. The highest BCUT2D eigenvalue weighted by molar-refractivity contribution is 7.21. The Balaban J connectivity index is 1.80. The molecule has 2 aromatic heterocycles. The molecule has 0 saturated heterocycles. The van der Waals surface area contributed by atoms with Gasteiger partial charge in [-0.2, -0.15) is 5.10 Å². The lowest BCUT2D eigenvalue weighted by atomic mass is 10.2. The third-order valence-electron chi connectivity index (χ3n) is 4.08. The molecule has 5 aromatic rings. The van der Waals surface area contributed by atoms with Crippen LogP contribution in [0.1, 0.15) is 0 Å². The second-order valence-electron chi connectivity index (χ2n) is 5.60. The van der Waals surface area contributed by atoms with Crippen molar-refractivity contribution in [2.45, 2.75) is 0 Å². The highest BCUT2D eigenvalue weighted by Gasteiger charge is 2.16. The molecule has 24 heavy (non-hydrogen) atoms. The molecule has 0 aliphatic rings. The van der Waals surface area contributed by atoms with Crippen LogP contribution in [0.4, 0.5) is 0 Å². The van der Waals surface area contributed by atoms with E-state index in [4.69, 9.17) is 10.1 Å². The number of benzene rings is 3. The molecule has 5 rings (SSSR count). The predicted octanol–water partition coefficient (Wildman–Crippen LogP) is 5.30. The molecule has 0 aliphatic heterocycles. The second kappa shape index (κ2) is 5.28. The summed E-state index contributed by atoms with van der Waals surface area (Å²) < 4.78 is 3.18. The summed E-state index contributed by atoms with van der Waals surface area (Å²) in [6, 6.07) is 26.8. The van der Waals surface area contributed by atoms with E-state index in [9.17, 15) is 0 Å². The Morgan fingerprint density at radius 3 is 2.38 bits per heavy atom. The van der Waals surface area contributed by atoms with Crippen LogP contribution in [-0.4, -0.2) is 14.8 Å². The molecule has 4 heteroatoms. The first-order valence-electron chi connectivity index (χ1n) is 7.79. The lowest BCUT2D eigenvalue weighted by Crippen LogP contribution is -1.95. The average molecular weight is 327 g/mol. The summed E-state index contributed by atoms with van der Waals surface area (Å²) in [5, 5.41) is 6.98. The van der Waals surface area contributed by atoms with Gasteiger partial charge in [0, 0.05) is 5.39 Å². The van der Waals surface area contributed by atoms with E-state index < -0.39 is 0 Å². The zero-order valence-corrected chi connectivity index (χ0v) is 13.6. The SMILES string of the molecule is c1ccc(-n2nc(-c3nc4ccccc4s3)c3ccccc32)cc1. The van der Waals surface area contributed by atoms with Crippen LogP contribution in [0.15, 0.2) is 78.9 Å². The quantitative estimate of drug-likeness (QED) is 0.440. The molecule has 2 heterocycles. The zero-order chi connectivity index (χ0) is 15.9. The third kappa shape index (κ3) is 2.04. The molecule has 0 fully saturated rings. The van der Waals surface area contributed by atoms with Gasteiger partial charge in [-0.25, -0.2) is 9.67 Å². The molecule has 0 unspecified atom stereocenters. The van der Waals surface area contributed by atoms with Crippen molar-refractivity contribution in [3.05, 3.63) is 78.9 Å². The lowest BCUT2D eigenvalue weighted by molar-refractivity contribution is 0.914. The smallest absolute Gasteiger partial charge is 0.145 e. The number of hydrogen-bond donors (Lipinski definition) is 0. The number of rotatable bonds is 2. The van der Waals surface area contributed by atoms with Crippen LogP contribution in [0, 0.1) is 0 Å². The minimum Gasteiger partial charge on any atom is -0.234 e. The van der Waals surface area contributed by atoms with Gasteiger partial charge >= 0.3 is 0 Å². The Bertz CT molecular complexity index is 1120. The monoisotopic (exact) mass is 327 g/mol. The van der Waals surface area contributed by atoms with Gasteiger partial charge in [-0.05, 0) is 30.3 Å². The topological polar surface area (TPSA) is 30.7 Å². The van der Waals surface area contributed by atoms with E-state index in [-0.39, 0.29) is 0 Å². The first-order chi connectivity index (χ1) is 11.9. The molecule has 0 amide bonds. The third-order valence-corrected chi connectivity index (χ3v) is 5.13. The number of nitrogens with zero attached hydrogens (tertiary/aromatic N) is 3. The lowest BCUT2D eigenvalue weighted by Gasteiger charge is -2.01. The molecule has 0 bridgehead atoms. The van der Waals surface area contributed by atoms with Crippen molar-refractivity contribution in [2.75, 3.05) is 0 Å². The molecule has 0 N–H and O–H groups in total. The van der Waals surface area contributed by atoms with Crippen molar-refractivity contribution in [3.63, 3.8) is 0 Å². The molecule has 0 aliphatic carbocycles. The Hall–Kier alpha value is -2.98. The van der Waals surface area contributed by atoms with E-state index in [1.807, 2.05) is 47.1 Å². The zero-order valence-electron chi connectivity index (χ0n) is 12.8. The van der Waals surface area contributed by atoms with Gasteiger partial charge in [-0.1, -0.05) is 48.5 Å². The number of aromatic nitrogens is 3. The van der Waals surface area contributed by atoms with Crippen molar-refractivity contribution < 1.29 is 0 Å². The van der Waals surface area contributed by atoms with Crippen molar-refractivity contribution in [3.8, 4) is 16.4 Å². The van der Waals surface area contributed by atoms with Crippen LogP contribution >= 0.6 is 11.3 Å². The van der Waals surface area contributed by atoms with E-state index in [0.29, 0.717) is 0 Å². The Morgan fingerprint density at radius 2 is 1.50 bits per heavy atom. The van der Waals surface area contributed by atoms with Gasteiger partial charge in [0.25, 0.3) is 0 Å². The van der Waals surface area contributed by atoms with Crippen molar-refractivity contribution >= 4 is 32.5 Å². The molecular formula is C20H13N3S. The van der Waals surface area contributed by atoms with Crippen LogP contribution < -0.4 is 0 Å². The summed E-state index contributed by atoms with van der Waals surface area (Å²) in [5.41, 5.74) is 4.12. The molecule has 0 radical (unpaired) electrons. The van der Waals surface area contributed by atoms with Crippen molar-refractivity contribution in [1.29, 1.82) is 0 Å². The highest BCUT2D eigenvalue weighted by atomic mass is 32.1. The number of thiazole rings is 1. The molecule has 114 valence electrons. The molecule has 3 aromatic carbocycles. The maximum absolute atomic E-state index is 4.89. The maximum Gasteiger partial charge on any atom is 0.145 e. The van der Waals surface area contributed by atoms with E-state index in [2.05, 4.69) is 36.4 Å². The molecule has 3 nitrogen and oxygen atoms in total. The minimum atomic E-state index is 0.940. The predicted molar refractivity (Wildman–Crippen MR) is 99.7 cm³/mol. The summed E-state index contributed by atoms with van der Waals surface area (Å²) in [4.78, 5) is 4.78. The standard InChI is InChI=1S/C20H13N3S/c1-2-8-14(9-3-1)23-17-12-6-4-10-15(17)19(22-23)20-21-16-11-5-7-13-18(16)24-20/h1-13H. The van der Waals surface area contributed by atoms with E-state index >= 15 is 0 Å². The van der Waals surface area contributed by atoms with Crippen LogP contribution in [-0.2, 0) is 0 Å². The first-order valence-corrected chi connectivity index (χ1v) is 8.61. The van der Waals surface area contributed by atoms with Gasteiger partial charge in [0.1, 0.15) is 10.7 Å². The highest BCUT2D eigenvalue weighted by Crippen LogP contribution is 2.34. The number of fused-ring (bicyclic) bond motifs is 2. The van der Waals surface area contributed by atoms with Gasteiger partial charge in [0.05, 0.1) is 21.4 Å². The Kier molecular flexibility index (Phi) is 2.96. The largest absolute Gasteiger partial charge is 0.234 e. The molecule has 0 saturated carbocycles. The number of hydrogen-bond acceptors (Lipinski definition) is 3. The van der Waals surface area contributed by atoms with Crippen molar-refractivity contribution in [2.24, 2.45) is 0 Å². The summed E-state index contributed by atoms with van der Waals surface area (Å²) in [6.07, 6.45) is 0. The summed E-state index contributed by atoms with van der Waals surface area (Å²) in [5.74, 6) is 0. The Morgan fingerprint density at radius 1 is 0.750 bits per heavy atom. The van der Waals surface area contributed by atoms with E-state index in [0.717, 1.165) is 32.8 Å². The summed E-state index contributed by atoms with van der Waals surface area (Å²) in [6.45, 7) is 0. The van der Waals surface area contributed by atoms with Gasteiger partial charge in [0.15, 0.2) is 0 Å². The van der Waals surface area contributed by atoms with Crippen LogP contribution in [0.3, 0.4) is 0 Å². The van der Waals surface area contributed by atoms with Gasteiger partial charge < -0.3 is 0 Å². The van der Waals surface area contributed by atoms with Crippen LogP contribution in [0.5, 0.6) is 0 Å². The first kappa shape index (κ1) is 13.5. The molecule has 0 spiro atoms. The normalized spacial score (nSPS) is 11.3. The molecule has 0 atom stereocenters. The fourth-order valence-electron chi connectivity index (χ4n) is 2.96. The van der Waals surface area contributed by atoms with Crippen molar-refractivity contribution in [1.82, 2.24) is 14.8 Å². The second-order valence-corrected chi connectivity index (χ2v) is 6.63. The Labute approximate surface area is 142 Å². The average Bonchev–Trinajstić information content (AvgIpc) is 3.24. The fraction of sp³-hybridized carbons (Fsp3) is 0. The van der Waals surface area contributed by atoms with E-state index in [1.165, 1.54) is 4.70 Å². The van der Waals surface area contributed by atoms with Gasteiger partial charge in [-0.3, -0.25) is 0 Å². The van der Waals surface area contributed by atoms with Crippen LogP contribution in [0.2, 0.25) is 0 Å². The summed E-state index contributed by atoms with van der Waals surface area (Å²) in [7, 11) is 0. The van der Waals surface area contributed by atoms with E-state index in [1.54, 1.807) is 11.3 Å². The van der Waals surface area contributed by atoms with Crippen LogP contribution in [0.25, 0.3) is 37.5 Å². The van der Waals surface area contributed by atoms with Gasteiger partial charge in [-0.15, -0.1) is 11.3 Å². The number of para-hydroxylation sites is 3.